The molecule has 0 bridgehead atoms. The van der Waals surface area contributed by atoms with E-state index >= 15 is 0 Å². The van der Waals surface area contributed by atoms with Gasteiger partial charge in [-0.15, -0.1) is 0 Å². The number of carbonyl (C=O) groups is 1. The molecular formula is C18H23N3O2. The number of amides is 1. The van der Waals surface area contributed by atoms with E-state index in [-0.39, 0.29) is 18.0 Å². The fourth-order valence-electron chi connectivity index (χ4n) is 3.32. The Kier molecular flexibility index (Phi) is 4.37. The van der Waals surface area contributed by atoms with Crippen LogP contribution in [0.1, 0.15) is 43.6 Å². The van der Waals surface area contributed by atoms with Crippen molar-refractivity contribution in [2.24, 2.45) is 0 Å². The fourth-order valence-corrected chi connectivity index (χ4v) is 3.32. The van der Waals surface area contributed by atoms with Gasteiger partial charge in [-0.05, 0) is 51.3 Å². The Bertz CT molecular complexity index is 685. The standard InChI is InChI=1S/C18H23N3O2/c1-12-6-4-7-13(2)21(12)18(22)17-11-16(19-20-17)14-8-5-9-15(10-14)23-3/h5,8-13H,4,6-7H2,1-3H3,(H,19,20)/t12-,13-/m0/s1. The van der Waals surface area contributed by atoms with Crippen LogP contribution in [0, 0.1) is 0 Å². The molecule has 1 N–H and O–H groups in total. The summed E-state index contributed by atoms with van der Waals surface area (Å²) < 4.78 is 5.24. The molecule has 0 unspecified atom stereocenters. The van der Waals surface area contributed by atoms with Gasteiger partial charge in [-0.3, -0.25) is 9.89 Å². The normalized spacial score (nSPS) is 21.3. The van der Waals surface area contributed by atoms with Gasteiger partial charge in [0.2, 0.25) is 0 Å². The number of H-pyrrole nitrogens is 1. The van der Waals surface area contributed by atoms with Gasteiger partial charge in [0.15, 0.2) is 0 Å². The van der Waals surface area contributed by atoms with Crippen molar-refractivity contribution in [2.75, 3.05) is 7.11 Å². The third-order valence-corrected chi connectivity index (χ3v) is 4.60. The highest BCUT2D eigenvalue weighted by Crippen LogP contribution is 2.26. The van der Waals surface area contributed by atoms with E-state index in [1.54, 1.807) is 7.11 Å². The number of rotatable bonds is 3. The summed E-state index contributed by atoms with van der Waals surface area (Å²) in [6.45, 7) is 4.24. The van der Waals surface area contributed by atoms with Crippen LogP contribution in [-0.2, 0) is 0 Å². The van der Waals surface area contributed by atoms with Gasteiger partial charge in [0, 0.05) is 17.6 Å². The van der Waals surface area contributed by atoms with Gasteiger partial charge in [-0.2, -0.15) is 5.10 Å². The minimum absolute atomic E-state index is 0.0337. The number of methoxy groups -OCH3 is 1. The van der Waals surface area contributed by atoms with Crippen LogP contribution in [0.2, 0.25) is 0 Å². The Morgan fingerprint density at radius 3 is 2.70 bits per heavy atom. The van der Waals surface area contributed by atoms with E-state index in [1.165, 1.54) is 6.42 Å². The Labute approximate surface area is 136 Å². The van der Waals surface area contributed by atoms with Crippen molar-refractivity contribution in [3.05, 3.63) is 36.0 Å². The predicted molar refractivity (Wildman–Crippen MR) is 89.5 cm³/mol. The first-order valence-electron chi connectivity index (χ1n) is 8.12. The number of nitrogens with zero attached hydrogens (tertiary/aromatic N) is 2. The lowest BCUT2D eigenvalue weighted by Crippen LogP contribution is -2.47. The molecule has 0 saturated carbocycles. The molecule has 122 valence electrons. The van der Waals surface area contributed by atoms with E-state index in [4.69, 9.17) is 4.74 Å². The molecular weight excluding hydrogens is 290 g/mol. The molecule has 2 aromatic rings. The lowest BCUT2D eigenvalue weighted by Gasteiger charge is -2.38. The third-order valence-electron chi connectivity index (χ3n) is 4.60. The number of piperidine rings is 1. The first-order chi connectivity index (χ1) is 11.1. The Hall–Kier alpha value is -2.30. The molecule has 5 nitrogen and oxygen atoms in total. The van der Waals surface area contributed by atoms with E-state index in [0.717, 1.165) is 29.8 Å². The lowest BCUT2D eigenvalue weighted by atomic mass is 9.97. The second-order valence-electron chi connectivity index (χ2n) is 6.24. The average molecular weight is 313 g/mol. The number of nitrogens with one attached hydrogen (secondary N) is 1. The summed E-state index contributed by atoms with van der Waals surface area (Å²) in [4.78, 5) is 14.8. The summed E-state index contributed by atoms with van der Waals surface area (Å²) in [6, 6.07) is 10.0. The number of benzene rings is 1. The molecule has 23 heavy (non-hydrogen) atoms. The highest BCUT2D eigenvalue weighted by atomic mass is 16.5. The van der Waals surface area contributed by atoms with Crippen molar-refractivity contribution in [3.63, 3.8) is 0 Å². The number of likely N-dealkylation sites (tertiary alicyclic amines) is 1. The smallest absolute Gasteiger partial charge is 0.272 e. The van der Waals surface area contributed by atoms with Gasteiger partial charge in [0.05, 0.1) is 12.8 Å². The van der Waals surface area contributed by atoms with Crippen LogP contribution in [-0.4, -0.2) is 40.2 Å². The monoisotopic (exact) mass is 313 g/mol. The predicted octanol–water partition coefficient (Wildman–Crippen LogP) is 3.49. The zero-order valence-electron chi connectivity index (χ0n) is 13.9. The first kappa shape index (κ1) is 15.6. The maximum absolute atomic E-state index is 12.8. The average Bonchev–Trinajstić information content (AvgIpc) is 3.04. The van der Waals surface area contributed by atoms with Gasteiger partial charge in [0.1, 0.15) is 11.4 Å². The molecule has 2 atom stereocenters. The molecule has 5 heteroatoms. The van der Waals surface area contributed by atoms with E-state index in [2.05, 4.69) is 24.0 Å². The topological polar surface area (TPSA) is 58.2 Å². The molecule has 1 aromatic carbocycles. The van der Waals surface area contributed by atoms with E-state index in [9.17, 15) is 4.79 Å². The van der Waals surface area contributed by atoms with Crippen LogP contribution < -0.4 is 4.74 Å². The summed E-state index contributed by atoms with van der Waals surface area (Å²) in [5.74, 6) is 0.808. The fraction of sp³-hybridized carbons (Fsp3) is 0.444. The molecule has 1 aliphatic heterocycles. The molecule has 0 aliphatic carbocycles. The summed E-state index contributed by atoms with van der Waals surface area (Å²) in [7, 11) is 1.64. The van der Waals surface area contributed by atoms with Crippen molar-refractivity contribution >= 4 is 5.91 Å². The van der Waals surface area contributed by atoms with Gasteiger partial charge in [-0.1, -0.05) is 12.1 Å². The number of carbonyl (C=O) groups excluding carboxylic acids is 1. The van der Waals surface area contributed by atoms with E-state index in [1.807, 2.05) is 35.2 Å². The maximum Gasteiger partial charge on any atom is 0.272 e. The lowest BCUT2D eigenvalue weighted by molar-refractivity contribution is 0.0504. The van der Waals surface area contributed by atoms with Crippen molar-refractivity contribution in [1.29, 1.82) is 0 Å². The highest BCUT2D eigenvalue weighted by molar-refractivity contribution is 5.94. The molecule has 0 radical (unpaired) electrons. The first-order valence-corrected chi connectivity index (χ1v) is 8.12. The largest absolute Gasteiger partial charge is 0.497 e. The van der Waals surface area contributed by atoms with Crippen LogP contribution in [0.25, 0.3) is 11.3 Å². The van der Waals surface area contributed by atoms with Gasteiger partial charge >= 0.3 is 0 Å². The maximum atomic E-state index is 12.8. The van der Waals surface area contributed by atoms with Crippen LogP contribution in [0.3, 0.4) is 0 Å². The van der Waals surface area contributed by atoms with Gasteiger partial charge < -0.3 is 9.64 Å². The quantitative estimate of drug-likeness (QED) is 0.943. The van der Waals surface area contributed by atoms with Crippen LogP contribution in [0.15, 0.2) is 30.3 Å². The molecule has 0 spiro atoms. The van der Waals surface area contributed by atoms with Crippen molar-refractivity contribution in [3.8, 4) is 17.0 Å². The summed E-state index contributed by atoms with van der Waals surface area (Å²) in [6.07, 6.45) is 3.31. The molecule has 3 rings (SSSR count). The molecule has 2 heterocycles. The van der Waals surface area contributed by atoms with Gasteiger partial charge in [-0.25, -0.2) is 0 Å². The second-order valence-corrected chi connectivity index (χ2v) is 6.24. The molecule has 1 amide bonds. The SMILES string of the molecule is COc1cccc(-c2cc(C(=O)N3[C@@H](C)CCC[C@@H]3C)[nH]n2)c1. The molecule has 1 aliphatic rings. The van der Waals surface area contributed by atoms with Crippen molar-refractivity contribution < 1.29 is 9.53 Å². The van der Waals surface area contributed by atoms with Crippen molar-refractivity contribution in [1.82, 2.24) is 15.1 Å². The minimum Gasteiger partial charge on any atom is -0.497 e. The van der Waals surface area contributed by atoms with Crippen LogP contribution >= 0.6 is 0 Å². The van der Waals surface area contributed by atoms with Crippen LogP contribution in [0.5, 0.6) is 5.75 Å². The summed E-state index contributed by atoms with van der Waals surface area (Å²) >= 11 is 0. The van der Waals surface area contributed by atoms with Crippen LogP contribution in [0.4, 0.5) is 0 Å². The minimum atomic E-state index is 0.0337. The van der Waals surface area contributed by atoms with E-state index < -0.39 is 0 Å². The Balaban J connectivity index is 1.84. The number of aromatic amines is 1. The van der Waals surface area contributed by atoms with Crippen molar-refractivity contribution in [2.45, 2.75) is 45.2 Å². The molecule has 1 fully saturated rings. The highest BCUT2D eigenvalue weighted by Gasteiger charge is 2.30. The number of hydrogen-bond acceptors (Lipinski definition) is 3. The Morgan fingerprint density at radius 2 is 2.00 bits per heavy atom. The summed E-state index contributed by atoms with van der Waals surface area (Å²) in [5, 5.41) is 7.20. The Morgan fingerprint density at radius 1 is 1.26 bits per heavy atom. The second kappa shape index (κ2) is 6.44. The number of aromatic nitrogens is 2. The summed E-state index contributed by atoms with van der Waals surface area (Å²) in [5.41, 5.74) is 2.23. The molecule has 1 aromatic heterocycles. The zero-order chi connectivity index (χ0) is 16.4. The molecule has 1 saturated heterocycles. The third kappa shape index (κ3) is 3.09. The zero-order valence-corrected chi connectivity index (χ0v) is 13.9. The number of hydrogen-bond donors (Lipinski definition) is 1. The number of ether oxygens (including phenoxy) is 1. The van der Waals surface area contributed by atoms with E-state index in [0.29, 0.717) is 5.69 Å². The van der Waals surface area contributed by atoms with Gasteiger partial charge in [0.25, 0.3) is 5.91 Å².